The first kappa shape index (κ1) is 16.9. The minimum absolute atomic E-state index is 0.0970. The molecule has 0 bridgehead atoms. The zero-order chi connectivity index (χ0) is 17.8. The predicted molar refractivity (Wildman–Crippen MR) is 92.3 cm³/mol. The van der Waals surface area contributed by atoms with Gasteiger partial charge in [0.2, 0.25) is 0 Å². The van der Waals surface area contributed by atoms with Crippen LogP contribution in [-0.4, -0.2) is 17.7 Å². The van der Waals surface area contributed by atoms with Crippen molar-refractivity contribution in [2.75, 3.05) is 11.9 Å². The number of nitrogens with one attached hydrogen (secondary N) is 2. The van der Waals surface area contributed by atoms with Gasteiger partial charge in [0.1, 0.15) is 17.3 Å². The molecule has 4 nitrogen and oxygen atoms in total. The van der Waals surface area contributed by atoms with Crippen LogP contribution in [0.4, 0.5) is 19.3 Å². The summed E-state index contributed by atoms with van der Waals surface area (Å²) in [7, 11) is 0. The van der Waals surface area contributed by atoms with Gasteiger partial charge in [-0.05, 0) is 34.5 Å². The number of benzene rings is 3. The molecule has 0 spiro atoms. The lowest BCUT2D eigenvalue weighted by Gasteiger charge is -2.14. The monoisotopic (exact) mass is 342 g/mol. The SMILES string of the molecule is O=C(NCC(O)c1ccc2ccccc2c1)Nc1c(F)cccc1F. The molecule has 0 heterocycles. The van der Waals surface area contributed by atoms with Gasteiger partial charge in [0, 0.05) is 6.54 Å². The summed E-state index contributed by atoms with van der Waals surface area (Å²) < 4.78 is 27.0. The van der Waals surface area contributed by atoms with Crippen molar-refractivity contribution >= 4 is 22.5 Å². The molecule has 3 aromatic carbocycles. The first-order chi connectivity index (χ1) is 12.0. The van der Waals surface area contributed by atoms with Crippen molar-refractivity contribution in [2.24, 2.45) is 0 Å². The third-order valence-corrected chi connectivity index (χ3v) is 3.82. The van der Waals surface area contributed by atoms with E-state index in [9.17, 15) is 18.7 Å². The highest BCUT2D eigenvalue weighted by Gasteiger charge is 2.14. The lowest BCUT2D eigenvalue weighted by molar-refractivity contribution is 0.175. The normalized spacial score (nSPS) is 12.0. The second kappa shape index (κ2) is 7.27. The quantitative estimate of drug-likeness (QED) is 0.672. The molecule has 0 fully saturated rings. The number of aliphatic hydroxyl groups excluding tert-OH is 1. The third kappa shape index (κ3) is 3.92. The highest BCUT2D eigenvalue weighted by Crippen LogP contribution is 2.20. The van der Waals surface area contributed by atoms with Crippen molar-refractivity contribution in [3.8, 4) is 0 Å². The van der Waals surface area contributed by atoms with Crippen LogP contribution in [0.3, 0.4) is 0 Å². The number of anilines is 1. The second-order valence-corrected chi connectivity index (χ2v) is 5.55. The number of para-hydroxylation sites is 1. The van der Waals surface area contributed by atoms with Gasteiger partial charge in [-0.3, -0.25) is 0 Å². The fourth-order valence-electron chi connectivity index (χ4n) is 2.50. The number of urea groups is 1. The van der Waals surface area contributed by atoms with Gasteiger partial charge in [-0.25, -0.2) is 13.6 Å². The summed E-state index contributed by atoms with van der Waals surface area (Å²) in [5.74, 6) is -1.74. The topological polar surface area (TPSA) is 61.4 Å². The van der Waals surface area contributed by atoms with E-state index in [0.717, 1.165) is 22.9 Å². The average molecular weight is 342 g/mol. The Balaban J connectivity index is 1.63. The Labute approximate surface area is 143 Å². The number of halogens is 2. The molecule has 0 aromatic heterocycles. The summed E-state index contributed by atoms with van der Waals surface area (Å²) in [5.41, 5.74) is 0.108. The molecule has 0 aliphatic rings. The Morgan fingerprint density at radius 1 is 0.960 bits per heavy atom. The molecule has 6 heteroatoms. The second-order valence-electron chi connectivity index (χ2n) is 5.55. The van der Waals surface area contributed by atoms with Gasteiger partial charge in [0.05, 0.1) is 6.10 Å². The molecule has 1 unspecified atom stereocenters. The molecule has 0 aliphatic heterocycles. The van der Waals surface area contributed by atoms with Gasteiger partial charge in [-0.15, -0.1) is 0 Å². The van der Waals surface area contributed by atoms with Gasteiger partial charge in [0.15, 0.2) is 0 Å². The molecule has 0 saturated heterocycles. The summed E-state index contributed by atoms with van der Waals surface area (Å²) >= 11 is 0. The summed E-state index contributed by atoms with van der Waals surface area (Å²) in [6, 6.07) is 15.7. The van der Waals surface area contributed by atoms with Crippen LogP contribution in [0.15, 0.2) is 60.7 Å². The van der Waals surface area contributed by atoms with Gasteiger partial charge < -0.3 is 15.7 Å². The Hall–Kier alpha value is -2.99. The van der Waals surface area contributed by atoms with Crippen molar-refractivity contribution in [3.05, 3.63) is 77.9 Å². The maximum atomic E-state index is 13.5. The lowest BCUT2D eigenvalue weighted by atomic mass is 10.0. The number of aliphatic hydroxyl groups is 1. The molecular weight excluding hydrogens is 326 g/mol. The van der Waals surface area contributed by atoms with Crippen LogP contribution in [0.1, 0.15) is 11.7 Å². The maximum Gasteiger partial charge on any atom is 0.319 e. The smallest absolute Gasteiger partial charge is 0.319 e. The van der Waals surface area contributed by atoms with E-state index in [0.29, 0.717) is 5.56 Å². The average Bonchev–Trinajstić information content (AvgIpc) is 2.62. The van der Waals surface area contributed by atoms with Crippen LogP contribution in [-0.2, 0) is 0 Å². The van der Waals surface area contributed by atoms with Gasteiger partial charge in [-0.2, -0.15) is 0 Å². The third-order valence-electron chi connectivity index (χ3n) is 3.82. The predicted octanol–water partition coefficient (Wildman–Crippen LogP) is 3.97. The number of hydrogen-bond donors (Lipinski definition) is 3. The Morgan fingerprint density at radius 3 is 2.36 bits per heavy atom. The Kier molecular flexibility index (Phi) is 4.90. The van der Waals surface area contributed by atoms with E-state index in [-0.39, 0.29) is 6.54 Å². The van der Waals surface area contributed by atoms with Crippen molar-refractivity contribution in [1.82, 2.24) is 5.32 Å². The fourth-order valence-corrected chi connectivity index (χ4v) is 2.50. The first-order valence-corrected chi connectivity index (χ1v) is 7.70. The Morgan fingerprint density at radius 2 is 1.64 bits per heavy atom. The molecular formula is C19H16F2N2O2. The van der Waals surface area contributed by atoms with E-state index >= 15 is 0 Å². The van der Waals surface area contributed by atoms with Gasteiger partial charge >= 0.3 is 6.03 Å². The molecule has 3 aromatic rings. The van der Waals surface area contributed by atoms with Crippen LogP contribution in [0.2, 0.25) is 0 Å². The van der Waals surface area contributed by atoms with Crippen molar-refractivity contribution in [2.45, 2.75) is 6.10 Å². The van der Waals surface area contributed by atoms with Crippen molar-refractivity contribution < 1.29 is 18.7 Å². The molecule has 3 N–H and O–H groups in total. The summed E-state index contributed by atoms with van der Waals surface area (Å²) in [6.07, 6.45) is -0.944. The minimum Gasteiger partial charge on any atom is -0.387 e. The first-order valence-electron chi connectivity index (χ1n) is 7.70. The van der Waals surface area contributed by atoms with Crippen LogP contribution >= 0.6 is 0 Å². The summed E-state index contributed by atoms with van der Waals surface area (Å²) in [5, 5.41) is 16.7. The van der Waals surface area contributed by atoms with Crippen LogP contribution in [0, 0.1) is 11.6 Å². The van der Waals surface area contributed by atoms with E-state index in [4.69, 9.17) is 0 Å². The van der Waals surface area contributed by atoms with Crippen LogP contribution in [0.25, 0.3) is 10.8 Å². The van der Waals surface area contributed by atoms with Gasteiger partial charge in [-0.1, -0.05) is 42.5 Å². The maximum absolute atomic E-state index is 13.5. The standard InChI is InChI=1S/C19H16F2N2O2/c20-15-6-3-7-16(21)18(15)23-19(25)22-11-17(24)14-9-8-12-4-1-2-5-13(12)10-14/h1-10,17,24H,11H2,(H2,22,23,25). The summed E-state index contributed by atoms with van der Waals surface area (Å²) in [6.45, 7) is -0.0970. The zero-order valence-corrected chi connectivity index (χ0v) is 13.2. The van der Waals surface area contributed by atoms with E-state index in [1.165, 1.54) is 6.07 Å². The fraction of sp³-hybridized carbons (Fsp3) is 0.105. The van der Waals surface area contributed by atoms with Crippen molar-refractivity contribution in [3.63, 3.8) is 0 Å². The van der Waals surface area contributed by atoms with Crippen LogP contribution < -0.4 is 10.6 Å². The van der Waals surface area contributed by atoms with Crippen LogP contribution in [0.5, 0.6) is 0 Å². The van der Waals surface area contributed by atoms with E-state index in [1.807, 2.05) is 36.4 Å². The zero-order valence-electron chi connectivity index (χ0n) is 13.2. The highest BCUT2D eigenvalue weighted by atomic mass is 19.1. The lowest BCUT2D eigenvalue weighted by Crippen LogP contribution is -2.33. The number of fused-ring (bicyclic) bond motifs is 1. The molecule has 0 saturated carbocycles. The number of carbonyl (C=O) groups excluding carboxylic acids is 1. The van der Waals surface area contributed by atoms with Gasteiger partial charge in [0.25, 0.3) is 0 Å². The van der Waals surface area contributed by atoms with Crippen molar-refractivity contribution in [1.29, 1.82) is 0 Å². The molecule has 1 atom stereocenters. The Bertz CT molecular complexity index is 895. The highest BCUT2D eigenvalue weighted by molar-refractivity contribution is 5.89. The van der Waals surface area contributed by atoms with E-state index < -0.39 is 29.5 Å². The number of hydrogen-bond acceptors (Lipinski definition) is 2. The number of amides is 2. The van der Waals surface area contributed by atoms with E-state index in [1.54, 1.807) is 6.07 Å². The molecule has 0 aliphatic carbocycles. The minimum atomic E-state index is -0.944. The molecule has 3 rings (SSSR count). The molecule has 2 amide bonds. The molecule has 128 valence electrons. The summed E-state index contributed by atoms with van der Waals surface area (Å²) in [4.78, 5) is 11.8. The van der Waals surface area contributed by atoms with E-state index in [2.05, 4.69) is 10.6 Å². The molecule has 25 heavy (non-hydrogen) atoms. The number of carbonyl (C=O) groups is 1. The molecule has 0 radical (unpaired) electrons. The largest absolute Gasteiger partial charge is 0.387 e. The number of rotatable bonds is 4.